The fraction of sp³-hybridized carbons (Fsp3) is 0.400. The molecule has 2 saturated carbocycles. The molecule has 242 valence electrons. The molecule has 0 spiro atoms. The van der Waals surface area contributed by atoms with E-state index in [0.717, 1.165) is 31.9 Å². The summed E-state index contributed by atoms with van der Waals surface area (Å²) in [6.45, 7) is -2.43. The predicted octanol–water partition coefficient (Wildman–Crippen LogP) is 6.21. The number of aromatic nitrogens is 1. The van der Waals surface area contributed by atoms with E-state index in [1.54, 1.807) is 0 Å². The Morgan fingerprint density at radius 2 is 1.60 bits per heavy atom. The van der Waals surface area contributed by atoms with Gasteiger partial charge in [-0.2, -0.15) is 8.78 Å². The number of carbonyl (C=O) groups excluding carboxylic acids is 1. The van der Waals surface area contributed by atoms with Crippen LogP contribution in [0.2, 0.25) is 10.0 Å². The molecule has 2 aliphatic carbocycles. The summed E-state index contributed by atoms with van der Waals surface area (Å²) in [5.74, 6) is -0.109. The number of alkyl halides is 2. The summed E-state index contributed by atoms with van der Waals surface area (Å²) >= 11 is 12.8. The molecule has 2 N–H and O–H groups in total. The van der Waals surface area contributed by atoms with Crippen LogP contribution < -0.4 is 23.7 Å². The van der Waals surface area contributed by atoms with E-state index in [2.05, 4.69) is 9.46 Å². The number of anilines is 1. The van der Waals surface area contributed by atoms with Crippen molar-refractivity contribution < 1.29 is 50.9 Å². The van der Waals surface area contributed by atoms with Crippen molar-refractivity contribution in [1.29, 1.82) is 0 Å². The van der Waals surface area contributed by atoms with Gasteiger partial charge in [-0.15, -0.1) is 0 Å². The number of nitrogens with zero attached hydrogens (tertiary/aromatic N) is 1. The Kier molecular flexibility index (Phi) is 10.1. The number of nitrogens with one attached hydrogen (secondary N) is 1. The summed E-state index contributed by atoms with van der Waals surface area (Å²) in [6.07, 6.45) is 6.19. The summed E-state index contributed by atoms with van der Waals surface area (Å²) in [4.78, 5) is 13.6. The summed E-state index contributed by atoms with van der Waals surface area (Å²) in [6, 6.07) is 8.39. The van der Waals surface area contributed by atoms with E-state index in [1.165, 1.54) is 48.8 Å². The van der Waals surface area contributed by atoms with Crippen molar-refractivity contribution in [3.05, 3.63) is 75.5 Å². The Morgan fingerprint density at radius 3 is 2.18 bits per heavy atom. The smallest absolute Gasteiger partial charge is 0.387 e. The first kappa shape index (κ1) is 32.8. The third-order valence-electron chi connectivity index (χ3n) is 7.12. The number of ether oxygens (including phenoxy) is 4. The summed E-state index contributed by atoms with van der Waals surface area (Å²) in [5, 5.41) is 10.00. The van der Waals surface area contributed by atoms with Gasteiger partial charge in [0.05, 0.1) is 30.7 Å². The van der Waals surface area contributed by atoms with Crippen LogP contribution in [0.25, 0.3) is 0 Å². The monoisotopic (exact) mass is 687 g/mol. The van der Waals surface area contributed by atoms with Gasteiger partial charge in [-0.05, 0) is 73.4 Å². The first-order valence-corrected chi connectivity index (χ1v) is 16.7. The van der Waals surface area contributed by atoms with Crippen LogP contribution in [-0.2, 0) is 21.2 Å². The molecule has 1 heterocycles. The standard InChI is InChI=1S/C30H30Cl2F2N2O8S/c1-45(39,40)35-24-8-6-20(11-27(24)41-15-17-2-3-17)29(37)43-26(12-21-22(31)13-36(38)14-23(21)32)19-7-9-25(44-30(33)34)28(10-19)42-16-18-4-5-18/h6-11,13-14,17-18,26,30H,2-5,12,15-16H2,1H3,(H-,35,37,38)/p+1/t26-/m0/s1. The van der Waals surface area contributed by atoms with E-state index < -0.39 is 28.7 Å². The van der Waals surface area contributed by atoms with Gasteiger partial charge in [0.15, 0.2) is 11.5 Å². The van der Waals surface area contributed by atoms with Crippen molar-refractivity contribution in [2.24, 2.45) is 11.8 Å². The number of hydrogen-bond donors (Lipinski definition) is 2. The van der Waals surface area contributed by atoms with E-state index in [4.69, 9.17) is 37.4 Å². The van der Waals surface area contributed by atoms with E-state index in [9.17, 15) is 27.2 Å². The third kappa shape index (κ3) is 9.47. The molecule has 2 fully saturated rings. The normalized spacial score (nSPS) is 15.4. The maximum atomic E-state index is 13.6. The molecule has 3 aromatic rings. The lowest BCUT2D eigenvalue weighted by molar-refractivity contribution is -0.904. The topological polar surface area (TPSA) is 124 Å². The number of benzene rings is 2. The maximum Gasteiger partial charge on any atom is 0.387 e. The van der Waals surface area contributed by atoms with E-state index >= 15 is 0 Å². The van der Waals surface area contributed by atoms with Gasteiger partial charge in [-0.1, -0.05) is 29.3 Å². The predicted molar refractivity (Wildman–Crippen MR) is 160 cm³/mol. The van der Waals surface area contributed by atoms with Crippen LogP contribution in [0.3, 0.4) is 0 Å². The Morgan fingerprint density at radius 1 is 0.978 bits per heavy atom. The van der Waals surface area contributed by atoms with E-state index in [0.29, 0.717) is 40.9 Å². The largest absolute Gasteiger partial charge is 0.491 e. The molecular formula is C30H31Cl2F2N2O8S+. The van der Waals surface area contributed by atoms with Crippen molar-refractivity contribution in [3.63, 3.8) is 0 Å². The average Bonchev–Trinajstić information content (AvgIpc) is 3.88. The Balaban J connectivity index is 1.47. The zero-order chi connectivity index (χ0) is 32.3. The quantitative estimate of drug-likeness (QED) is 0.110. The van der Waals surface area contributed by atoms with Gasteiger partial charge in [0, 0.05) is 16.7 Å². The van der Waals surface area contributed by atoms with Crippen LogP contribution in [0.5, 0.6) is 17.2 Å². The van der Waals surface area contributed by atoms with Gasteiger partial charge in [0.1, 0.15) is 21.9 Å². The molecule has 2 aliphatic rings. The zero-order valence-electron chi connectivity index (χ0n) is 24.1. The number of hydrogen-bond acceptors (Lipinski definition) is 8. The second kappa shape index (κ2) is 13.8. The highest BCUT2D eigenvalue weighted by molar-refractivity contribution is 7.92. The lowest BCUT2D eigenvalue weighted by Gasteiger charge is -2.21. The minimum Gasteiger partial charge on any atom is -0.491 e. The van der Waals surface area contributed by atoms with Crippen molar-refractivity contribution in [2.75, 3.05) is 24.2 Å². The SMILES string of the molecule is CS(=O)(=O)Nc1ccc(C(=O)O[C@@H](Cc2c(Cl)c[n+](O)cc2Cl)c2ccc(OC(F)F)c(OCC3CC3)c2)cc1OCC1CC1. The minimum absolute atomic E-state index is 0.0474. The number of carbonyl (C=O) groups is 1. The van der Waals surface area contributed by atoms with Crippen LogP contribution in [0.4, 0.5) is 14.5 Å². The third-order valence-corrected chi connectivity index (χ3v) is 8.36. The number of halogens is 4. The number of esters is 1. The highest BCUT2D eigenvalue weighted by atomic mass is 35.5. The molecule has 1 atom stereocenters. The van der Waals surface area contributed by atoms with Crippen molar-refractivity contribution in [1.82, 2.24) is 0 Å². The summed E-state index contributed by atoms with van der Waals surface area (Å²) < 4.78 is 75.5. The van der Waals surface area contributed by atoms with Crippen LogP contribution >= 0.6 is 23.2 Å². The zero-order valence-corrected chi connectivity index (χ0v) is 26.4. The molecule has 0 amide bonds. The Labute approximate surface area is 268 Å². The highest BCUT2D eigenvalue weighted by Crippen LogP contribution is 2.39. The number of sulfonamides is 1. The fourth-order valence-electron chi connectivity index (χ4n) is 4.41. The van der Waals surface area contributed by atoms with Gasteiger partial charge in [0.25, 0.3) is 0 Å². The van der Waals surface area contributed by atoms with Gasteiger partial charge < -0.3 is 18.9 Å². The number of pyridine rings is 1. The van der Waals surface area contributed by atoms with Crippen LogP contribution in [0.15, 0.2) is 48.8 Å². The first-order valence-electron chi connectivity index (χ1n) is 14.1. The molecule has 5 rings (SSSR count). The van der Waals surface area contributed by atoms with Gasteiger partial charge in [-0.3, -0.25) is 9.93 Å². The Bertz CT molecular complexity index is 1650. The lowest BCUT2D eigenvalue weighted by Crippen LogP contribution is -2.29. The molecule has 0 radical (unpaired) electrons. The van der Waals surface area contributed by atoms with Crippen LogP contribution in [0, 0.1) is 11.8 Å². The maximum absolute atomic E-state index is 13.6. The number of rotatable bonds is 15. The summed E-state index contributed by atoms with van der Waals surface area (Å²) in [7, 11) is -3.64. The minimum atomic E-state index is -3.64. The van der Waals surface area contributed by atoms with Gasteiger partial charge in [0.2, 0.25) is 22.4 Å². The molecule has 45 heavy (non-hydrogen) atoms. The average molecular weight is 689 g/mol. The van der Waals surface area contributed by atoms with Crippen molar-refractivity contribution in [3.8, 4) is 17.2 Å². The molecule has 2 aromatic carbocycles. The molecule has 10 nitrogen and oxygen atoms in total. The Hall–Kier alpha value is -3.55. The van der Waals surface area contributed by atoms with Gasteiger partial charge >= 0.3 is 12.6 Å². The van der Waals surface area contributed by atoms with E-state index in [1.807, 2.05) is 0 Å². The first-order chi connectivity index (χ1) is 21.3. The lowest BCUT2D eigenvalue weighted by atomic mass is 10.0. The molecule has 0 saturated heterocycles. The molecule has 0 unspecified atom stereocenters. The highest BCUT2D eigenvalue weighted by Gasteiger charge is 2.28. The van der Waals surface area contributed by atoms with Crippen molar-refractivity contribution >= 4 is 44.9 Å². The van der Waals surface area contributed by atoms with Crippen LogP contribution in [-0.4, -0.2) is 45.7 Å². The van der Waals surface area contributed by atoms with Crippen molar-refractivity contribution in [2.45, 2.75) is 44.8 Å². The second-order valence-electron chi connectivity index (χ2n) is 11.1. The summed E-state index contributed by atoms with van der Waals surface area (Å²) in [5.41, 5.74) is 0.935. The van der Waals surface area contributed by atoms with Gasteiger partial charge in [-0.25, -0.2) is 13.2 Å². The molecular weight excluding hydrogens is 657 g/mol. The fourth-order valence-corrected chi connectivity index (χ4v) is 5.59. The van der Waals surface area contributed by atoms with E-state index in [-0.39, 0.29) is 45.0 Å². The van der Waals surface area contributed by atoms with Crippen LogP contribution in [0.1, 0.15) is 53.3 Å². The molecule has 0 aliphatic heterocycles. The second-order valence-corrected chi connectivity index (χ2v) is 13.7. The molecule has 15 heteroatoms. The molecule has 1 aromatic heterocycles. The molecule has 0 bridgehead atoms.